The van der Waals surface area contributed by atoms with E-state index in [1.54, 1.807) is 24.3 Å². The number of fused-ring (bicyclic) bond motifs is 1. The summed E-state index contributed by atoms with van der Waals surface area (Å²) < 4.78 is 68.2. The maximum atomic E-state index is 13.0. The Morgan fingerprint density at radius 3 is 2.50 bits per heavy atom. The zero-order chi connectivity index (χ0) is 17.3. The highest BCUT2D eigenvalue weighted by Gasteiger charge is 2.34. The lowest BCUT2D eigenvalue weighted by molar-refractivity contribution is -0.139. The monoisotopic (exact) mass is 342 g/mol. The molecule has 0 aliphatic heterocycles. The fourth-order valence-corrected chi connectivity index (χ4v) is 2.27. The van der Waals surface area contributed by atoms with Gasteiger partial charge in [-0.3, -0.25) is 0 Å². The second-order valence-electron chi connectivity index (χ2n) is 5.01. The summed E-state index contributed by atoms with van der Waals surface area (Å²) >= 11 is 0. The molecule has 1 heterocycles. The molecular weight excluding hydrogens is 331 g/mol. The zero-order valence-corrected chi connectivity index (χ0v) is 12.1. The summed E-state index contributed by atoms with van der Waals surface area (Å²) in [6, 6.07) is 10.1. The van der Waals surface area contributed by atoms with Gasteiger partial charge < -0.3 is 9.72 Å². The first kappa shape index (κ1) is 16.2. The van der Waals surface area contributed by atoms with Crippen molar-refractivity contribution in [2.24, 2.45) is 0 Å². The van der Waals surface area contributed by atoms with Gasteiger partial charge in [0.25, 0.3) is 6.43 Å². The number of alkyl halides is 5. The van der Waals surface area contributed by atoms with Crippen molar-refractivity contribution >= 4 is 11.0 Å². The van der Waals surface area contributed by atoms with Crippen LogP contribution in [0.25, 0.3) is 22.4 Å². The van der Waals surface area contributed by atoms with Crippen molar-refractivity contribution in [1.82, 2.24) is 9.97 Å². The number of aromatic amines is 1. The second kappa shape index (κ2) is 6.10. The molecule has 1 N–H and O–H groups in total. The van der Waals surface area contributed by atoms with E-state index in [1.165, 1.54) is 6.07 Å². The molecule has 0 amide bonds. The van der Waals surface area contributed by atoms with Crippen molar-refractivity contribution in [3.05, 3.63) is 48.0 Å². The van der Waals surface area contributed by atoms with Crippen LogP contribution >= 0.6 is 0 Å². The number of H-pyrrole nitrogens is 1. The van der Waals surface area contributed by atoms with Crippen LogP contribution in [-0.4, -0.2) is 23.0 Å². The number of rotatable bonds is 4. The van der Waals surface area contributed by atoms with E-state index >= 15 is 0 Å². The first-order valence-electron chi connectivity index (χ1n) is 6.92. The van der Waals surface area contributed by atoms with Gasteiger partial charge in [-0.25, -0.2) is 13.8 Å². The summed E-state index contributed by atoms with van der Waals surface area (Å²) in [6.07, 6.45) is -7.58. The molecule has 0 aliphatic rings. The molecule has 3 rings (SSSR count). The van der Waals surface area contributed by atoms with Crippen LogP contribution in [0.5, 0.6) is 5.75 Å². The van der Waals surface area contributed by atoms with Gasteiger partial charge in [-0.05, 0) is 24.3 Å². The molecule has 3 nitrogen and oxygen atoms in total. The number of hydrogen-bond acceptors (Lipinski definition) is 2. The lowest BCUT2D eigenvalue weighted by Gasteiger charge is -2.14. The van der Waals surface area contributed by atoms with Gasteiger partial charge in [-0.2, -0.15) is 13.2 Å². The van der Waals surface area contributed by atoms with Crippen molar-refractivity contribution < 1.29 is 26.7 Å². The summed E-state index contributed by atoms with van der Waals surface area (Å²) in [5.74, 6) is -0.326. The van der Waals surface area contributed by atoms with Crippen LogP contribution in [0.1, 0.15) is 5.56 Å². The van der Waals surface area contributed by atoms with Crippen molar-refractivity contribution in [3.63, 3.8) is 0 Å². The number of halogens is 5. The van der Waals surface area contributed by atoms with Crippen LogP contribution in [0.3, 0.4) is 0 Å². The molecular formula is C16H11F5N2O. The average molecular weight is 342 g/mol. The van der Waals surface area contributed by atoms with Gasteiger partial charge in [-0.15, -0.1) is 0 Å². The third-order valence-electron chi connectivity index (χ3n) is 3.31. The number of para-hydroxylation sites is 2. The summed E-state index contributed by atoms with van der Waals surface area (Å²) in [5, 5.41) is 0. The SMILES string of the molecule is FC(F)COc1cc(-c2nc3ccccc3[nH]2)ccc1C(F)(F)F. The number of benzene rings is 2. The van der Waals surface area contributed by atoms with Crippen LogP contribution in [-0.2, 0) is 6.18 Å². The van der Waals surface area contributed by atoms with Gasteiger partial charge in [0, 0.05) is 5.56 Å². The van der Waals surface area contributed by atoms with Gasteiger partial charge in [0.05, 0.1) is 16.6 Å². The summed E-state index contributed by atoms with van der Waals surface area (Å²) in [7, 11) is 0. The topological polar surface area (TPSA) is 37.9 Å². The predicted molar refractivity (Wildman–Crippen MR) is 78.0 cm³/mol. The molecule has 0 fully saturated rings. The van der Waals surface area contributed by atoms with Crippen LogP contribution in [0, 0.1) is 0 Å². The molecule has 2 aromatic carbocycles. The van der Waals surface area contributed by atoms with Gasteiger partial charge in [0.15, 0.2) is 0 Å². The van der Waals surface area contributed by atoms with Crippen LogP contribution in [0.4, 0.5) is 22.0 Å². The molecule has 0 saturated carbocycles. The molecule has 3 aromatic rings. The lowest BCUT2D eigenvalue weighted by atomic mass is 10.1. The van der Waals surface area contributed by atoms with Crippen LogP contribution in [0.2, 0.25) is 0 Å². The van der Waals surface area contributed by atoms with Crippen molar-refractivity contribution in [2.75, 3.05) is 6.61 Å². The number of nitrogens with zero attached hydrogens (tertiary/aromatic N) is 1. The first-order chi connectivity index (χ1) is 11.3. The van der Waals surface area contributed by atoms with Crippen molar-refractivity contribution in [3.8, 4) is 17.1 Å². The highest BCUT2D eigenvalue weighted by Crippen LogP contribution is 2.38. The van der Waals surface area contributed by atoms with E-state index in [1.807, 2.05) is 0 Å². The smallest absolute Gasteiger partial charge is 0.419 e. The Kier molecular flexibility index (Phi) is 4.13. The first-order valence-corrected chi connectivity index (χ1v) is 6.92. The van der Waals surface area contributed by atoms with Gasteiger partial charge >= 0.3 is 6.18 Å². The number of imidazole rings is 1. The standard InChI is InChI=1S/C16H11F5N2O/c17-14(18)8-24-13-7-9(5-6-10(13)16(19,20)21)15-22-11-3-1-2-4-12(11)23-15/h1-7,14H,8H2,(H,22,23). The minimum atomic E-state index is -4.70. The number of aromatic nitrogens is 2. The number of hydrogen-bond donors (Lipinski definition) is 1. The maximum absolute atomic E-state index is 13.0. The van der Waals surface area contributed by atoms with E-state index in [4.69, 9.17) is 0 Å². The van der Waals surface area contributed by atoms with E-state index in [0.717, 1.165) is 12.1 Å². The summed E-state index contributed by atoms with van der Waals surface area (Å²) in [5.41, 5.74) is 0.552. The highest BCUT2D eigenvalue weighted by molar-refractivity contribution is 5.79. The van der Waals surface area contributed by atoms with Crippen molar-refractivity contribution in [2.45, 2.75) is 12.6 Å². The molecule has 0 unspecified atom stereocenters. The predicted octanol–water partition coefficient (Wildman–Crippen LogP) is 4.89. The zero-order valence-electron chi connectivity index (χ0n) is 12.1. The third-order valence-corrected chi connectivity index (χ3v) is 3.31. The van der Waals surface area contributed by atoms with Gasteiger partial charge in [0.2, 0.25) is 0 Å². The van der Waals surface area contributed by atoms with E-state index in [2.05, 4.69) is 14.7 Å². The van der Waals surface area contributed by atoms with Crippen LogP contribution < -0.4 is 4.74 Å². The van der Waals surface area contributed by atoms with E-state index in [9.17, 15) is 22.0 Å². The minimum absolute atomic E-state index is 0.309. The molecule has 0 atom stereocenters. The Bertz CT molecular complexity index is 824. The maximum Gasteiger partial charge on any atom is 0.419 e. The molecule has 8 heteroatoms. The molecule has 126 valence electrons. The fourth-order valence-electron chi connectivity index (χ4n) is 2.27. The second-order valence-corrected chi connectivity index (χ2v) is 5.01. The van der Waals surface area contributed by atoms with E-state index in [-0.39, 0.29) is 0 Å². The Balaban J connectivity index is 2.03. The summed E-state index contributed by atoms with van der Waals surface area (Å²) in [4.78, 5) is 7.24. The molecule has 1 aromatic heterocycles. The molecule has 0 spiro atoms. The highest BCUT2D eigenvalue weighted by atomic mass is 19.4. The van der Waals surface area contributed by atoms with Gasteiger partial charge in [-0.1, -0.05) is 18.2 Å². The van der Waals surface area contributed by atoms with E-state index in [0.29, 0.717) is 22.4 Å². The molecule has 0 radical (unpaired) electrons. The fraction of sp³-hybridized carbons (Fsp3) is 0.188. The Morgan fingerprint density at radius 1 is 1.08 bits per heavy atom. The largest absolute Gasteiger partial charge is 0.487 e. The van der Waals surface area contributed by atoms with Crippen molar-refractivity contribution in [1.29, 1.82) is 0 Å². The summed E-state index contributed by atoms with van der Waals surface area (Å²) in [6.45, 7) is -1.12. The molecule has 0 aliphatic carbocycles. The van der Waals surface area contributed by atoms with E-state index < -0.39 is 30.5 Å². The molecule has 24 heavy (non-hydrogen) atoms. The Hall–Kier alpha value is -2.64. The number of ether oxygens (including phenoxy) is 1. The van der Waals surface area contributed by atoms with Gasteiger partial charge in [0.1, 0.15) is 18.2 Å². The molecule has 0 saturated heterocycles. The average Bonchev–Trinajstić information content (AvgIpc) is 2.95. The normalized spacial score (nSPS) is 12.1. The van der Waals surface area contributed by atoms with Crippen LogP contribution in [0.15, 0.2) is 42.5 Å². The Morgan fingerprint density at radius 2 is 1.83 bits per heavy atom. The Labute approximate surface area is 133 Å². The minimum Gasteiger partial charge on any atom is -0.487 e. The quantitative estimate of drug-likeness (QED) is 0.686. The number of nitrogens with one attached hydrogen (secondary N) is 1. The lowest BCUT2D eigenvalue weighted by Crippen LogP contribution is -2.13. The third kappa shape index (κ3) is 3.32. The molecule has 0 bridgehead atoms.